The highest BCUT2D eigenvalue weighted by Gasteiger charge is 2.23. The largest absolute Gasteiger partial charge is 0.484 e. The first-order valence-corrected chi connectivity index (χ1v) is 11.2. The molecule has 0 unspecified atom stereocenters. The minimum atomic E-state index is -3.23. The molecule has 0 saturated carbocycles. The number of fused-ring (bicyclic) bond motifs is 1. The zero-order valence-corrected chi connectivity index (χ0v) is 17.3. The lowest BCUT2D eigenvalue weighted by atomic mass is 10.0. The quantitative estimate of drug-likeness (QED) is 0.805. The molecule has 0 aliphatic carbocycles. The van der Waals surface area contributed by atoms with E-state index in [1.165, 1.54) is 16.1 Å². The van der Waals surface area contributed by atoms with Crippen LogP contribution in [-0.2, 0) is 27.8 Å². The van der Waals surface area contributed by atoms with E-state index >= 15 is 0 Å². The fourth-order valence-electron chi connectivity index (χ4n) is 3.19. The molecule has 0 aromatic heterocycles. The highest BCUT2D eigenvalue weighted by atomic mass is 32.2. The molecular weight excluding hydrogens is 376 g/mol. The third-order valence-corrected chi connectivity index (χ3v) is 6.10. The summed E-state index contributed by atoms with van der Waals surface area (Å²) >= 11 is 0. The van der Waals surface area contributed by atoms with Gasteiger partial charge in [0.2, 0.25) is 10.0 Å². The second-order valence-corrected chi connectivity index (χ2v) is 9.37. The lowest BCUT2D eigenvalue weighted by molar-refractivity contribution is -0.118. The van der Waals surface area contributed by atoms with Crippen LogP contribution in [0.15, 0.2) is 42.5 Å². The summed E-state index contributed by atoms with van der Waals surface area (Å²) in [5, 5.41) is 2.81. The van der Waals surface area contributed by atoms with E-state index in [1.54, 1.807) is 0 Å². The number of nitrogens with one attached hydrogen (secondary N) is 1. The van der Waals surface area contributed by atoms with Gasteiger partial charge in [-0.15, -0.1) is 0 Å². The van der Waals surface area contributed by atoms with Gasteiger partial charge in [0.25, 0.3) is 5.91 Å². The Kier molecular flexibility index (Phi) is 6.05. The minimum absolute atomic E-state index is 0.0897. The number of benzene rings is 2. The van der Waals surface area contributed by atoms with Crippen molar-refractivity contribution in [1.82, 2.24) is 4.31 Å². The number of sulfonamides is 1. The fraction of sp³-hybridized carbons (Fsp3) is 0.381. The van der Waals surface area contributed by atoms with Gasteiger partial charge in [-0.05, 0) is 53.3 Å². The van der Waals surface area contributed by atoms with Gasteiger partial charge < -0.3 is 10.1 Å². The molecule has 0 fully saturated rings. The molecule has 28 heavy (non-hydrogen) atoms. The summed E-state index contributed by atoms with van der Waals surface area (Å²) in [6.45, 7) is 4.97. The van der Waals surface area contributed by atoms with Crippen molar-refractivity contribution in [3.8, 4) is 5.75 Å². The van der Waals surface area contributed by atoms with Crippen molar-refractivity contribution in [1.29, 1.82) is 0 Å². The van der Waals surface area contributed by atoms with E-state index in [0.29, 0.717) is 36.9 Å². The van der Waals surface area contributed by atoms with Crippen LogP contribution in [0.25, 0.3) is 0 Å². The molecule has 1 amide bonds. The van der Waals surface area contributed by atoms with Gasteiger partial charge in [0.1, 0.15) is 5.75 Å². The average molecular weight is 403 g/mol. The summed E-state index contributed by atoms with van der Waals surface area (Å²) in [6, 6.07) is 13.3. The van der Waals surface area contributed by atoms with Gasteiger partial charge in [-0.3, -0.25) is 4.79 Å². The van der Waals surface area contributed by atoms with E-state index in [4.69, 9.17) is 4.74 Å². The molecule has 1 N–H and O–H groups in total. The first kappa shape index (κ1) is 20.4. The molecule has 2 aromatic carbocycles. The van der Waals surface area contributed by atoms with Crippen LogP contribution in [0.4, 0.5) is 5.69 Å². The maximum absolute atomic E-state index is 12.2. The third kappa shape index (κ3) is 5.11. The number of carbonyl (C=O) groups is 1. The van der Waals surface area contributed by atoms with Crippen LogP contribution < -0.4 is 10.1 Å². The van der Waals surface area contributed by atoms with E-state index in [1.807, 2.05) is 42.5 Å². The number of anilines is 1. The summed E-state index contributed by atoms with van der Waals surface area (Å²) in [7, 11) is -3.23. The molecule has 0 radical (unpaired) electrons. The number of hydrogen-bond acceptors (Lipinski definition) is 4. The Morgan fingerprint density at radius 1 is 1.14 bits per heavy atom. The van der Waals surface area contributed by atoms with Gasteiger partial charge in [-0.1, -0.05) is 32.0 Å². The van der Waals surface area contributed by atoms with Crippen molar-refractivity contribution in [2.45, 2.75) is 32.7 Å². The predicted molar refractivity (Wildman–Crippen MR) is 110 cm³/mol. The van der Waals surface area contributed by atoms with E-state index in [-0.39, 0.29) is 12.5 Å². The van der Waals surface area contributed by atoms with Crippen molar-refractivity contribution < 1.29 is 17.9 Å². The van der Waals surface area contributed by atoms with Crippen LogP contribution in [0.3, 0.4) is 0 Å². The highest BCUT2D eigenvalue weighted by molar-refractivity contribution is 7.88. The predicted octanol–water partition coefficient (Wildman–Crippen LogP) is 3.15. The van der Waals surface area contributed by atoms with Gasteiger partial charge >= 0.3 is 0 Å². The monoisotopic (exact) mass is 402 g/mol. The van der Waals surface area contributed by atoms with E-state index in [2.05, 4.69) is 19.2 Å². The van der Waals surface area contributed by atoms with E-state index < -0.39 is 10.0 Å². The van der Waals surface area contributed by atoms with Crippen LogP contribution in [0.2, 0.25) is 0 Å². The fourth-order valence-corrected chi connectivity index (χ4v) is 3.98. The van der Waals surface area contributed by atoms with Gasteiger partial charge in [-0.25, -0.2) is 8.42 Å². The summed E-state index contributed by atoms with van der Waals surface area (Å²) in [5.74, 6) is 0.831. The van der Waals surface area contributed by atoms with Crippen LogP contribution in [0, 0.1) is 0 Å². The minimum Gasteiger partial charge on any atom is -0.484 e. The molecular formula is C21H26N2O4S. The zero-order valence-electron chi connectivity index (χ0n) is 16.4. The standard InChI is InChI=1S/C21H26N2O4S/c1-15(2)16-5-8-20(9-6-16)27-14-21(24)22-19-7-4-17-10-11-23(28(3,25)26)13-18(17)12-19/h4-9,12,15H,10-11,13-14H2,1-3H3,(H,22,24). The average Bonchev–Trinajstić information content (AvgIpc) is 2.65. The van der Waals surface area contributed by atoms with Crippen LogP contribution in [0.5, 0.6) is 5.75 Å². The number of carbonyl (C=O) groups excluding carboxylic acids is 1. The molecule has 0 spiro atoms. The SMILES string of the molecule is CC(C)c1ccc(OCC(=O)Nc2ccc3c(c2)CN(S(C)(=O)=O)CC3)cc1. The van der Waals surface area contributed by atoms with Crippen molar-refractivity contribution in [2.75, 3.05) is 24.7 Å². The molecule has 0 saturated heterocycles. The second kappa shape index (κ2) is 8.32. The third-order valence-electron chi connectivity index (χ3n) is 4.85. The first-order valence-electron chi connectivity index (χ1n) is 9.32. The maximum Gasteiger partial charge on any atom is 0.262 e. The molecule has 1 aliphatic heterocycles. The number of nitrogens with zero attached hydrogens (tertiary/aromatic N) is 1. The van der Waals surface area contributed by atoms with E-state index in [0.717, 1.165) is 11.1 Å². The Labute approximate surface area is 166 Å². The van der Waals surface area contributed by atoms with Crippen molar-refractivity contribution in [3.05, 3.63) is 59.2 Å². The molecule has 1 heterocycles. The van der Waals surface area contributed by atoms with Gasteiger partial charge in [0.05, 0.1) is 6.26 Å². The Bertz CT molecular complexity index is 953. The summed E-state index contributed by atoms with van der Waals surface area (Å²) in [6.07, 6.45) is 1.89. The van der Waals surface area contributed by atoms with Crippen molar-refractivity contribution in [3.63, 3.8) is 0 Å². The lowest BCUT2D eigenvalue weighted by Crippen LogP contribution is -2.35. The highest BCUT2D eigenvalue weighted by Crippen LogP contribution is 2.24. The molecule has 150 valence electrons. The molecule has 0 atom stereocenters. The van der Waals surface area contributed by atoms with Crippen LogP contribution in [0.1, 0.15) is 36.5 Å². The molecule has 6 nitrogen and oxygen atoms in total. The maximum atomic E-state index is 12.2. The molecule has 0 bridgehead atoms. The second-order valence-electron chi connectivity index (χ2n) is 7.39. The number of rotatable bonds is 6. The van der Waals surface area contributed by atoms with Crippen molar-refractivity contribution in [2.24, 2.45) is 0 Å². The Morgan fingerprint density at radius 2 is 1.86 bits per heavy atom. The summed E-state index contributed by atoms with van der Waals surface area (Å²) < 4.78 is 30.6. The van der Waals surface area contributed by atoms with Gasteiger partial charge in [0.15, 0.2) is 6.61 Å². The molecule has 7 heteroatoms. The molecule has 1 aliphatic rings. The summed E-state index contributed by atoms with van der Waals surface area (Å²) in [4.78, 5) is 12.2. The van der Waals surface area contributed by atoms with E-state index in [9.17, 15) is 13.2 Å². The number of hydrogen-bond donors (Lipinski definition) is 1. The summed E-state index contributed by atoms with van der Waals surface area (Å²) in [5.41, 5.74) is 3.88. The Balaban J connectivity index is 1.59. The number of ether oxygens (including phenoxy) is 1. The van der Waals surface area contributed by atoms with Gasteiger partial charge in [-0.2, -0.15) is 4.31 Å². The molecule has 3 rings (SSSR count). The van der Waals surface area contributed by atoms with Crippen LogP contribution >= 0.6 is 0 Å². The Morgan fingerprint density at radius 3 is 2.50 bits per heavy atom. The normalized spacial score (nSPS) is 14.6. The molecule has 2 aromatic rings. The zero-order chi connectivity index (χ0) is 20.3. The topological polar surface area (TPSA) is 75.7 Å². The smallest absolute Gasteiger partial charge is 0.262 e. The van der Waals surface area contributed by atoms with Crippen molar-refractivity contribution >= 4 is 21.6 Å². The Hall–Kier alpha value is -2.38. The van der Waals surface area contributed by atoms with Gasteiger partial charge in [0, 0.05) is 18.8 Å². The van der Waals surface area contributed by atoms with Crippen LogP contribution in [-0.4, -0.2) is 38.0 Å². The first-order chi connectivity index (χ1) is 13.2. The lowest BCUT2D eigenvalue weighted by Gasteiger charge is -2.27. The number of amides is 1.